The first kappa shape index (κ1) is 39.2. The maximum absolute atomic E-state index is 7.56. The number of hydrogen-bond donors (Lipinski definition) is 6. The first-order chi connectivity index (χ1) is 11.6. The third-order valence-corrected chi connectivity index (χ3v) is 3.09. The van der Waals surface area contributed by atoms with E-state index in [1.54, 1.807) is 0 Å². The molecular weight excluding hydrogens is 480 g/mol. The Morgan fingerprint density at radius 3 is 0.963 bits per heavy atom. The van der Waals surface area contributed by atoms with Crippen molar-refractivity contribution in [2.45, 2.75) is 79.1 Å². The summed E-state index contributed by atoms with van der Waals surface area (Å²) in [6.07, 6.45) is 10.4. The van der Waals surface area contributed by atoms with E-state index in [-0.39, 0.29) is 19.5 Å². The summed E-state index contributed by atoms with van der Waals surface area (Å²) in [5, 5.41) is 0. The molecule has 0 bridgehead atoms. The van der Waals surface area contributed by atoms with Crippen molar-refractivity contribution in [3.05, 3.63) is 13.8 Å². The van der Waals surface area contributed by atoms with Gasteiger partial charge in [0, 0.05) is 0 Å². The Morgan fingerprint density at radius 2 is 0.852 bits per heavy atom. The Balaban J connectivity index is -0.0000000807. The smallest absolute Gasteiger partial charge is 0.340 e. The van der Waals surface area contributed by atoms with E-state index in [0.29, 0.717) is 11.8 Å². The van der Waals surface area contributed by atoms with E-state index >= 15 is 0 Å². The fourth-order valence-corrected chi connectivity index (χ4v) is 1.39. The van der Waals surface area contributed by atoms with Crippen LogP contribution in [0.2, 0.25) is 0 Å². The second kappa shape index (κ2) is 25.7. The van der Waals surface area contributed by atoms with Gasteiger partial charge in [0.05, 0.1) is 0 Å². The van der Waals surface area contributed by atoms with Crippen LogP contribution in [0.15, 0.2) is 0 Å². The van der Waals surface area contributed by atoms with Crippen LogP contribution in [0.25, 0.3) is 0 Å². The van der Waals surface area contributed by atoms with E-state index in [9.17, 15) is 0 Å². The molecular formula is C16H40O6P2S2Zn. The SMILES string of the molecule is OP(O)(O)=S.OP(O)(O)=S.[CH2-]C(CC)CCCC.[CH2-]C(CC)CCCC.[Zn+2]. The van der Waals surface area contributed by atoms with E-state index in [1.165, 1.54) is 51.4 Å². The van der Waals surface area contributed by atoms with Crippen molar-refractivity contribution in [3.63, 3.8) is 0 Å². The molecule has 0 amide bonds. The van der Waals surface area contributed by atoms with Gasteiger partial charge in [-0.3, -0.25) is 0 Å². The van der Waals surface area contributed by atoms with Crippen LogP contribution in [0.3, 0.4) is 0 Å². The van der Waals surface area contributed by atoms with Crippen LogP contribution in [0.4, 0.5) is 0 Å². The molecule has 164 valence electrons. The first-order valence-electron chi connectivity index (χ1n) is 8.84. The van der Waals surface area contributed by atoms with Crippen LogP contribution >= 0.6 is 13.4 Å². The number of rotatable bonds is 8. The van der Waals surface area contributed by atoms with Gasteiger partial charge in [-0.15, -0.1) is 0 Å². The molecule has 27 heavy (non-hydrogen) atoms. The summed E-state index contributed by atoms with van der Waals surface area (Å²) in [7, 11) is 0. The monoisotopic (exact) mass is 518 g/mol. The first-order valence-corrected chi connectivity index (χ1v) is 14.2. The molecule has 0 rings (SSSR count). The predicted octanol–water partition coefficient (Wildman–Crippen LogP) is 4.45. The van der Waals surface area contributed by atoms with Crippen LogP contribution in [0, 0.1) is 25.7 Å². The van der Waals surface area contributed by atoms with Gasteiger partial charge < -0.3 is 43.2 Å². The zero-order valence-electron chi connectivity index (χ0n) is 17.3. The molecule has 0 saturated heterocycles. The Bertz CT molecular complexity index is 316. The third-order valence-electron chi connectivity index (χ3n) is 3.09. The molecule has 0 aromatic carbocycles. The van der Waals surface area contributed by atoms with Gasteiger partial charge in [-0.1, -0.05) is 79.1 Å². The van der Waals surface area contributed by atoms with Crippen molar-refractivity contribution < 1.29 is 48.8 Å². The summed E-state index contributed by atoms with van der Waals surface area (Å²) in [5.74, 6) is 1.41. The molecule has 0 aliphatic carbocycles. The quantitative estimate of drug-likeness (QED) is 0.158. The maximum atomic E-state index is 7.56. The summed E-state index contributed by atoms with van der Waals surface area (Å²) in [6, 6.07) is 0. The predicted molar refractivity (Wildman–Crippen MR) is 119 cm³/mol. The minimum atomic E-state index is -3.81. The molecule has 0 spiro atoms. The molecule has 0 aliphatic heterocycles. The Hall–Kier alpha value is 1.68. The zero-order chi connectivity index (χ0) is 21.8. The van der Waals surface area contributed by atoms with Gasteiger partial charge in [-0.05, 0) is 23.6 Å². The molecule has 11 heteroatoms. The fraction of sp³-hybridized carbons (Fsp3) is 0.875. The molecule has 0 radical (unpaired) electrons. The Morgan fingerprint density at radius 1 is 0.667 bits per heavy atom. The van der Waals surface area contributed by atoms with Gasteiger partial charge in [0.15, 0.2) is 0 Å². The number of unbranched alkanes of at least 4 members (excludes halogenated alkanes) is 2. The van der Waals surface area contributed by atoms with Gasteiger partial charge in [0.25, 0.3) is 0 Å². The van der Waals surface area contributed by atoms with Gasteiger partial charge >= 0.3 is 32.9 Å². The molecule has 2 atom stereocenters. The molecule has 6 N–H and O–H groups in total. The molecule has 0 aliphatic rings. The van der Waals surface area contributed by atoms with Crippen LogP contribution < -0.4 is 0 Å². The summed E-state index contributed by atoms with van der Waals surface area (Å²) < 4.78 is 0. The molecule has 0 aromatic heterocycles. The third kappa shape index (κ3) is 97.5. The van der Waals surface area contributed by atoms with E-state index in [4.69, 9.17) is 29.4 Å². The van der Waals surface area contributed by atoms with Crippen molar-refractivity contribution in [1.29, 1.82) is 0 Å². The van der Waals surface area contributed by atoms with Crippen LogP contribution in [-0.2, 0) is 43.1 Å². The van der Waals surface area contributed by atoms with Crippen LogP contribution in [0.5, 0.6) is 0 Å². The molecule has 2 unspecified atom stereocenters. The molecule has 0 heterocycles. The zero-order valence-corrected chi connectivity index (χ0v) is 23.7. The largest absolute Gasteiger partial charge is 2.00 e. The summed E-state index contributed by atoms with van der Waals surface area (Å²) in [6.45, 7) is 9.23. The van der Waals surface area contributed by atoms with Gasteiger partial charge in [-0.2, -0.15) is 11.8 Å². The standard InChI is InChI=1S/2C8H17.2H3O3PS.Zn/c2*1-4-6-7-8(3)5-2;2*1-4(2,3)5;/h2*8H,3-7H2,1-2H3;2*(H3,1,2,3,5);/q2*-1;;;+2. The van der Waals surface area contributed by atoms with Crippen molar-refractivity contribution in [2.75, 3.05) is 0 Å². The van der Waals surface area contributed by atoms with Gasteiger partial charge in [0.1, 0.15) is 0 Å². The van der Waals surface area contributed by atoms with Gasteiger partial charge in [0.2, 0.25) is 0 Å². The maximum Gasteiger partial charge on any atom is 2.00 e. The minimum Gasteiger partial charge on any atom is -0.340 e. The van der Waals surface area contributed by atoms with Crippen molar-refractivity contribution in [2.24, 2.45) is 11.8 Å². The summed E-state index contributed by atoms with van der Waals surface area (Å²) >= 11 is 7.21. The molecule has 0 aromatic rings. The van der Waals surface area contributed by atoms with Crippen molar-refractivity contribution >= 4 is 37.1 Å². The average molecular weight is 520 g/mol. The number of hydrogen-bond acceptors (Lipinski definition) is 2. The topological polar surface area (TPSA) is 121 Å². The Kier molecular flexibility index (Phi) is 37.3. The minimum absolute atomic E-state index is 0. The second-order valence-corrected chi connectivity index (χ2v) is 10.9. The normalized spacial score (nSPS) is 12.6. The second-order valence-electron chi connectivity index (χ2n) is 5.86. The summed E-state index contributed by atoms with van der Waals surface area (Å²) in [4.78, 5) is 45.3. The van der Waals surface area contributed by atoms with Crippen molar-refractivity contribution in [1.82, 2.24) is 0 Å². The van der Waals surface area contributed by atoms with Crippen LogP contribution in [0.1, 0.15) is 79.1 Å². The van der Waals surface area contributed by atoms with Crippen molar-refractivity contribution in [3.8, 4) is 0 Å². The average Bonchev–Trinajstić information content (AvgIpc) is 2.47. The molecule has 6 nitrogen and oxygen atoms in total. The van der Waals surface area contributed by atoms with E-state index < -0.39 is 13.4 Å². The Labute approximate surface area is 190 Å². The van der Waals surface area contributed by atoms with Crippen LogP contribution in [-0.4, -0.2) is 29.4 Å². The fourth-order valence-electron chi connectivity index (χ4n) is 1.39. The van der Waals surface area contributed by atoms with E-state index in [1.807, 2.05) is 0 Å². The van der Waals surface area contributed by atoms with E-state index in [2.05, 4.69) is 65.2 Å². The summed E-state index contributed by atoms with van der Waals surface area (Å²) in [5.41, 5.74) is 0. The van der Waals surface area contributed by atoms with E-state index in [0.717, 1.165) is 0 Å². The molecule has 0 saturated carbocycles. The molecule has 0 fully saturated rings. The van der Waals surface area contributed by atoms with Gasteiger partial charge in [-0.25, -0.2) is 0 Å².